The maximum absolute atomic E-state index is 8.35. The maximum atomic E-state index is 8.35. The molecule has 0 atom stereocenters. The van der Waals surface area contributed by atoms with Crippen molar-refractivity contribution in [2.75, 3.05) is 0 Å². The molecule has 12 heavy (non-hydrogen) atoms. The lowest BCUT2D eigenvalue weighted by Gasteiger charge is -2.10. The minimum absolute atomic E-state index is 0.114. The molecule has 1 aromatic rings. The van der Waals surface area contributed by atoms with Crippen LogP contribution in [0.4, 0.5) is 0 Å². The highest BCUT2D eigenvalue weighted by Crippen LogP contribution is 2.18. The van der Waals surface area contributed by atoms with Crippen molar-refractivity contribution in [3.8, 4) is 6.07 Å². The van der Waals surface area contributed by atoms with Crippen molar-refractivity contribution in [1.82, 2.24) is 10.1 Å². The van der Waals surface area contributed by atoms with Gasteiger partial charge in [-0.2, -0.15) is 10.2 Å². The van der Waals surface area contributed by atoms with Crippen molar-refractivity contribution < 1.29 is 4.52 Å². The summed E-state index contributed by atoms with van der Waals surface area (Å²) in [5, 5.41) is 12.1. The Kier molecular flexibility index (Phi) is 2.13. The molecule has 0 aliphatic heterocycles. The molecule has 0 aromatic carbocycles. The van der Waals surface area contributed by atoms with E-state index in [9.17, 15) is 0 Å². The number of rotatable bonds is 1. The molecule has 1 heterocycles. The Labute approximate surface area is 71.2 Å². The van der Waals surface area contributed by atoms with E-state index < -0.39 is 0 Å². The van der Waals surface area contributed by atoms with Crippen LogP contribution >= 0.6 is 0 Å². The van der Waals surface area contributed by atoms with Crippen LogP contribution in [0.5, 0.6) is 0 Å². The first kappa shape index (κ1) is 8.72. The van der Waals surface area contributed by atoms with Gasteiger partial charge in [-0.15, -0.1) is 0 Å². The topological polar surface area (TPSA) is 62.7 Å². The Morgan fingerprint density at radius 1 is 1.50 bits per heavy atom. The fourth-order valence-electron chi connectivity index (χ4n) is 0.699. The van der Waals surface area contributed by atoms with E-state index in [1.54, 1.807) is 0 Å². The molecule has 0 fully saturated rings. The minimum atomic E-state index is -0.114. The average Bonchev–Trinajstić information content (AvgIpc) is 2.35. The van der Waals surface area contributed by atoms with Crippen LogP contribution in [0.25, 0.3) is 0 Å². The summed E-state index contributed by atoms with van der Waals surface area (Å²) in [6.07, 6.45) is 0.184. The second kappa shape index (κ2) is 2.94. The largest absolute Gasteiger partial charge is 0.338 e. The molecule has 0 aliphatic rings. The quantitative estimate of drug-likeness (QED) is 0.631. The smallest absolute Gasteiger partial charge is 0.240 e. The molecular formula is C8H11N3O. The van der Waals surface area contributed by atoms with Gasteiger partial charge in [0.15, 0.2) is 5.82 Å². The predicted molar refractivity (Wildman–Crippen MR) is 42.3 cm³/mol. The van der Waals surface area contributed by atoms with Crippen molar-refractivity contribution >= 4 is 0 Å². The summed E-state index contributed by atoms with van der Waals surface area (Å²) >= 11 is 0. The van der Waals surface area contributed by atoms with Crippen LogP contribution in [0.2, 0.25) is 0 Å². The van der Waals surface area contributed by atoms with E-state index in [4.69, 9.17) is 9.78 Å². The number of aromatic nitrogens is 2. The molecule has 4 heteroatoms. The van der Waals surface area contributed by atoms with E-state index in [1.165, 1.54) is 0 Å². The van der Waals surface area contributed by atoms with E-state index >= 15 is 0 Å². The fourth-order valence-corrected chi connectivity index (χ4v) is 0.699. The zero-order valence-electron chi connectivity index (χ0n) is 7.46. The molecule has 0 saturated heterocycles. The van der Waals surface area contributed by atoms with Crippen LogP contribution in [0.3, 0.4) is 0 Å². The second-order valence-corrected chi connectivity index (χ2v) is 3.60. The molecule has 0 unspecified atom stereocenters. The highest BCUT2D eigenvalue weighted by Gasteiger charge is 2.20. The van der Waals surface area contributed by atoms with Gasteiger partial charge in [-0.3, -0.25) is 0 Å². The van der Waals surface area contributed by atoms with Crippen molar-refractivity contribution in [3.63, 3.8) is 0 Å². The van der Waals surface area contributed by atoms with Gasteiger partial charge in [0.2, 0.25) is 5.89 Å². The monoisotopic (exact) mass is 165 g/mol. The summed E-state index contributed by atoms with van der Waals surface area (Å²) in [7, 11) is 0. The third-order valence-electron chi connectivity index (χ3n) is 1.37. The molecule has 0 amide bonds. The lowest BCUT2D eigenvalue weighted by atomic mass is 9.96. The number of hydrogen-bond acceptors (Lipinski definition) is 4. The molecule has 0 bridgehead atoms. The summed E-state index contributed by atoms with van der Waals surface area (Å²) in [4.78, 5) is 4.07. The zero-order valence-corrected chi connectivity index (χ0v) is 7.46. The molecule has 1 rings (SSSR count). The molecule has 0 radical (unpaired) electrons. The molecule has 1 aromatic heterocycles. The first-order valence-corrected chi connectivity index (χ1v) is 3.74. The van der Waals surface area contributed by atoms with Gasteiger partial charge in [-0.25, -0.2) is 0 Å². The Bertz CT molecular complexity index is 303. The normalized spacial score (nSPS) is 11.2. The molecule has 0 spiro atoms. The van der Waals surface area contributed by atoms with Gasteiger partial charge in [0.1, 0.15) is 6.42 Å². The van der Waals surface area contributed by atoms with Crippen LogP contribution in [0.1, 0.15) is 32.5 Å². The third-order valence-corrected chi connectivity index (χ3v) is 1.37. The Balaban J connectivity index is 2.86. The Hall–Kier alpha value is -1.37. The SMILES string of the molecule is CC(C)(C)c1noc(CC#N)n1. The van der Waals surface area contributed by atoms with Gasteiger partial charge >= 0.3 is 0 Å². The highest BCUT2D eigenvalue weighted by molar-refractivity contribution is 5.01. The molecular weight excluding hydrogens is 154 g/mol. The molecule has 4 nitrogen and oxygen atoms in total. The van der Waals surface area contributed by atoms with Gasteiger partial charge in [-0.1, -0.05) is 25.9 Å². The van der Waals surface area contributed by atoms with E-state index in [-0.39, 0.29) is 11.8 Å². The van der Waals surface area contributed by atoms with Crippen LogP contribution in [0.15, 0.2) is 4.52 Å². The Morgan fingerprint density at radius 3 is 2.58 bits per heavy atom. The van der Waals surface area contributed by atoms with Crippen molar-refractivity contribution in [1.29, 1.82) is 5.26 Å². The van der Waals surface area contributed by atoms with Gasteiger partial charge in [0, 0.05) is 5.41 Å². The molecule has 0 aliphatic carbocycles. The van der Waals surface area contributed by atoms with Crippen molar-refractivity contribution in [2.45, 2.75) is 32.6 Å². The van der Waals surface area contributed by atoms with Crippen LogP contribution in [-0.2, 0) is 11.8 Å². The summed E-state index contributed by atoms with van der Waals surface area (Å²) in [6.45, 7) is 5.98. The summed E-state index contributed by atoms with van der Waals surface area (Å²) in [6, 6.07) is 1.95. The zero-order chi connectivity index (χ0) is 9.19. The lowest BCUT2D eigenvalue weighted by Crippen LogP contribution is -2.13. The van der Waals surface area contributed by atoms with Crippen molar-refractivity contribution in [3.05, 3.63) is 11.7 Å². The number of hydrogen-bond donors (Lipinski definition) is 0. The summed E-state index contributed by atoms with van der Waals surface area (Å²) < 4.78 is 4.85. The van der Waals surface area contributed by atoms with Crippen LogP contribution in [-0.4, -0.2) is 10.1 Å². The molecule has 64 valence electrons. The van der Waals surface area contributed by atoms with E-state index in [2.05, 4.69) is 10.1 Å². The van der Waals surface area contributed by atoms with E-state index in [0.717, 1.165) is 0 Å². The highest BCUT2D eigenvalue weighted by atomic mass is 16.5. The van der Waals surface area contributed by atoms with Gasteiger partial charge < -0.3 is 4.52 Å². The summed E-state index contributed by atoms with van der Waals surface area (Å²) in [5.74, 6) is 1.04. The van der Waals surface area contributed by atoms with E-state index in [0.29, 0.717) is 11.7 Å². The number of nitrogens with zero attached hydrogens (tertiary/aromatic N) is 3. The Morgan fingerprint density at radius 2 is 2.17 bits per heavy atom. The van der Waals surface area contributed by atoms with Crippen LogP contribution in [0, 0.1) is 11.3 Å². The standard InChI is InChI=1S/C8H11N3O/c1-8(2,3)7-10-6(4-5-9)12-11-7/h4H2,1-3H3. The summed E-state index contributed by atoms with van der Waals surface area (Å²) in [5.41, 5.74) is -0.114. The molecule has 0 N–H and O–H groups in total. The second-order valence-electron chi connectivity index (χ2n) is 3.60. The first-order chi connectivity index (χ1) is 5.54. The predicted octanol–water partition coefficient (Wildman–Crippen LogP) is 1.43. The third kappa shape index (κ3) is 1.82. The van der Waals surface area contributed by atoms with E-state index in [1.807, 2.05) is 26.8 Å². The van der Waals surface area contributed by atoms with Gasteiger partial charge in [-0.05, 0) is 0 Å². The van der Waals surface area contributed by atoms with Crippen molar-refractivity contribution in [2.24, 2.45) is 0 Å². The molecule has 0 saturated carbocycles. The van der Waals surface area contributed by atoms with Gasteiger partial charge in [0.25, 0.3) is 0 Å². The first-order valence-electron chi connectivity index (χ1n) is 3.74. The van der Waals surface area contributed by atoms with Crippen LogP contribution < -0.4 is 0 Å². The van der Waals surface area contributed by atoms with Gasteiger partial charge in [0.05, 0.1) is 6.07 Å². The number of nitriles is 1. The fraction of sp³-hybridized carbons (Fsp3) is 0.625. The average molecular weight is 165 g/mol. The minimum Gasteiger partial charge on any atom is -0.338 e. The lowest BCUT2D eigenvalue weighted by molar-refractivity contribution is 0.370. The maximum Gasteiger partial charge on any atom is 0.240 e.